The van der Waals surface area contributed by atoms with Crippen LogP contribution in [0.15, 0.2) is 48.5 Å². The van der Waals surface area contributed by atoms with E-state index in [1.165, 1.54) is 0 Å². The van der Waals surface area contributed by atoms with Crippen LogP contribution in [0.4, 0.5) is 0 Å². The van der Waals surface area contributed by atoms with Crippen LogP contribution in [-0.2, 0) is 6.42 Å². The number of ether oxygens (including phenoxy) is 3. The molecule has 2 atom stereocenters. The third-order valence-electron chi connectivity index (χ3n) is 3.66. The number of nitrogens with two attached hydrogens (primary N) is 1. The van der Waals surface area contributed by atoms with E-state index < -0.39 is 0 Å². The van der Waals surface area contributed by atoms with Crippen LogP contribution < -0.4 is 19.9 Å². The van der Waals surface area contributed by atoms with E-state index in [4.69, 9.17) is 19.9 Å². The van der Waals surface area contributed by atoms with Gasteiger partial charge in [0.2, 0.25) is 0 Å². The van der Waals surface area contributed by atoms with Gasteiger partial charge in [0.1, 0.15) is 18.5 Å². The Balaban J connectivity index is 1.71. The van der Waals surface area contributed by atoms with Gasteiger partial charge in [0.25, 0.3) is 0 Å². The second-order valence-corrected chi connectivity index (χ2v) is 5.09. The molecule has 0 saturated carbocycles. The molecule has 2 aromatic carbocycles. The van der Waals surface area contributed by atoms with Crippen LogP contribution in [0.1, 0.15) is 5.56 Å². The summed E-state index contributed by atoms with van der Waals surface area (Å²) in [5.41, 5.74) is 7.38. The van der Waals surface area contributed by atoms with Crippen LogP contribution in [-0.4, -0.2) is 25.9 Å². The molecule has 1 aliphatic rings. The van der Waals surface area contributed by atoms with Gasteiger partial charge in [0, 0.05) is 6.04 Å². The smallest absolute Gasteiger partial charge is 0.161 e. The Morgan fingerprint density at radius 2 is 1.86 bits per heavy atom. The van der Waals surface area contributed by atoms with Crippen LogP contribution in [0, 0.1) is 0 Å². The molecular weight excluding hydrogens is 266 g/mol. The zero-order valence-corrected chi connectivity index (χ0v) is 12.0. The fourth-order valence-electron chi connectivity index (χ4n) is 2.50. The first-order valence-corrected chi connectivity index (χ1v) is 7.04. The highest BCUT2D eigenvalue weighted by Crippen LogP contribution is 2.32. The van der Waals surface area contributed by atoms with E-state index in [1.54, 1.807) is 7.11 Å². The minimum absolute atomic E-state index is 0.158. The standard InChI is InChI=1S/C17H19NO3/c1-19-14-7-3-2-6-12(14)10-13(18)17-11-20-15-8-4-5-9-16(15)21-17/h2-9,13,17H,10-11,18H2,1H3. The lowest BCUT2D eigenvalue weighted by Gasteiger charge is -2.30. The molecule has 0 aromatic heterocycles. The van der Waals surface area contributed by atoms with Gasteiger partial charge in [0.15, 0.2) is 11.5 Å². The van der Waals surface area contributed by atoms with Crippen molar-refractivity contribution in [2.45, 2.75) is 18.6 Å². The second-order valence-electron chi connectivity index (χ2n) is 5.09. The van der Waals surface area contributed by atoms with Gasteiger partial charge in [-0.25, -0.2) is 0 Å². The lowest BCUT2D eigenvalue weighted by atomic mass is 10.0. The van der Waals surface area contributed by atoms with Crippen LogP contribution in [0.2, 0.25) is 0 Å². The van der Waals surface area contributed by atoms with E-state index in [2.05, 4.69) is 0 Å². The molecule has 0 bridgehead atoms. The maximum absolute atomic E-state index is 6.30. The summed E-state index contributed by atoms with van der Waals surface area (Å²) in [4.78, 5) is 0. The van der Waals surface area contributed by atoms with E-state index in [-0.39, 0.29) is 12.1 Å². The predicted molar refractivity (Wildman–Crippen MR) is 81.0 cm³/mol. The lowest BCUT2D eigenvalue weighted by Crippen LogP contribution is -2.46. The average Bonchev–Trinajstić information content (AvgIpc) is 2.55. The Labute approximate surface area is 124 Å². The molecule has 4 heteroatoms. The maximum Gasteiger partial charge on any atom is 0.161 e. The first kappa shape index (κ1) is 13.8. The summed E-state index contributed by atoms with van der Waals surface area (Å²) in [6.45, 7) is 0.466. The number of hydrogen-bond acceptors (Lipinski definition) is 4. The monoisotopic (exact) mass is 285 g/mol. The van der Waals surface area contributed by atoms with Crippen molar-refractivity contribution in [3.05, 3.63) is 54.1 Å². The van der Waals surface area contributed by atoms with Crippen molar-refractivity contribution in [2.24, 2.45) is 5.73 Å². The van der Waals surface area contributed by atoms with Crippen molar-refractivity contribution in [3.8, 4) is 17.2 Å². The Morgan fingerprint density at radius 3 is 2.67 bits per heavy atom. The Morgan fingerprint density at radius 1 is 1.14 bits per heavy atom. The predicted octanol–water partition coefficient (Wildman–Crippen LogP) is 2.41. The van der Waals surface area contributed by atoms with Crippen molar-refractivity contribution in [1.29, 1.82) is 0 Å². The van der Waals surface area contributed by atoms with Crippen molar-refractivity contribution in [2.75, 3.05) is 13.7 Å². The zero-order valence-electron chi connectivity index (χ0n) is 12.0. The fraction of sp³-hybridized carbons (Fsp3) is 0.294. The number of methoxy groups -OCH3 is 1. The summed E-state index contributed by atoms with van der Waals surface area (Å²) < 4.78 is 17.0. The molecule has 21 heavy (non-hydrogen) atoms. The van der Waals surface area contributed by atoms with Crippen LogP contribution >= 0.6 is 0 Å². The Bertz CT molecular complexity index is 614. The number of rotatable bonds is 4. The first-order valence-electron chi connectivity index (χ1n) is 7.04. The largest absolute Gasteiger partial charge is 0.496 e. The summed E-state index contributed by atoms with van der Waals surface area (Å²) in [7, 11) is 1.67. The summed E-state index contributed by atoms with van der Waals surface area (Å²) in [6.07, 6.45) is 0.519. The Hall–Kier alpha value is -2.20. The van der Waals surface area contributed by atoms with Crippen molar-refractivity contribution in [3.63, 3.8) is 0 Å². The number of fused-ring (bicyclic) bond motifs is 1. The number of para-hydroxylation sites is 3. The summed E-state index contributed by atoms with van der Waals surface area (Å²) >= 11 is 0. The molecule has 4 nitrogen and oxygen atoms in total. The van der Waals surface area contributed by atoms with Crippen LogP contribution in [0.3, 0.4) is 0 Å². The van der Waals surface area contributed by atoms with Gasteiger partial charge in [-0.15, -0.1) is 0 Å². The third kappa shape index (κ3) is 2.95. The number of hydrogen-bond donors (Lipinski definition) is 1. The molecular formula is C17H19NO3. The molecule has 0 aliphatic carbocycles. The van der Waals surface area contributed by atoms with Gasteiger partial charge in [-0.2, -0.15) is 0 Å². The molecule has 0 saturated heterocycles. The molecule has 3 rings (SSSR count). The minimum Gasteiger partial charge on any atom is -0.496 e. The highest BCUT2D eigenvalue weighted by Gasteiger charge is 2.27. The van der Waals surface area contributed by atoms with Crippen molar-refractivity contribution < 1.29 is 14.2 Å². The normalized spacial score (nSPS) is 18.1. The van der Waals surface area contributed by atoms with Gasteiger partial charge in [-0.3, -0.25) is 0 Å². The molecule has 1 heterocycles. The fourth-order valence-corrected chi connectivity index (χ4v) is 2.50. The first-order chi connectivity index (χ1) is 10.3. The highest BCUT2D eigenvalue weighted by molar-refractivity contribution is 5.41. The zero-order chi connectivity index (χ0) is 14.7. The molecule has 0 amide bonds. The Kier molecular flexibility index (Phi) is 3.97. The third-order valence-corrected chi connectivity index (χ3v) is 3.66. The van der Waals surface area contributed by atoms with E-state index in [0.717, 1.165) is 22.8 Å². The van der Waals surface area contributed by atoms with Crippen LogP contribution in [0.5, 0.6) is 17.2 Å². The van der Waals surface area contributed by atoms with E-state index in [0.29, 0.717) is 13.0 Å². The van der Waals surface area contributed by atoms with Crippen LogP contribution in [0.25, 0.3) is 0 Å². The molecule has 2 N–H and O–H groups in total. The van der Waals surface area contributed by atoms with Gasteiger partial charge in [-0.05, 0) is 30.2 Å². The SMILES string of the molecule is COc1ccccc1CC(N)C1COc2ccccc2O1. The van der Waals surface area contributed by atoms with E-state index >= 15 is 0 Å². The van der Waals surface area contributed by atoms with Gasteiger partial charge in [0.05, 0.1) is 7.11 Å². The average molecular weight is 285 g/mol. The second kappa shape index (κ2) is 6.06. The lowest BCUT2D eigenvalue weighted by molar-refractivity contribution is 0.0721. The van der Waals surface area contributed by atoms with Gasteiger partial charge < -0.3 is 19.9 Å². The molecule has 1 aliphatic heterocycles. The molecule has 0 radical (unpaired) electrons. The van der Waals surface area contributed by atoms with E-state index in [9.17, 15) is 0 Å². The molecule has 110 valence electrons. The molecule has 2 unspecified atom stereocenters. The number of benzene rings is 2. The van der Waals surface area contributed by atoms with E-state index in [1.807, 2.05) is 48.5 Å². The summed E-state index contributed by atoms with van der Waals surface area (Å²) in [6, 6.07) is 15.4. The quantitative estimate of drug-likeness (QED) is 0.937. The van der Waals surface area contributed by atoms with Gasteiger partial charge in [-0.1, -0.05) is 30.3 Å². The minimum atomic E-state index is -0.162. The summed E-state index contributed by atoms with van der Waals surface area (Å²) in [5, 5.41) is 0. The van der Waals surface area contributed by atoms with Crippen molar-refractivity contribution >= 4 is 0 Å². The summed E-state index contributed by atoms with van der Waals surface area (Å²) in [5.74, 6) is 2.38. The molecule has 2 aromatic rings. The molecule has 0 fully saturated rings. The highest BCUT2D eigenvalue weighted by atomic mass is 16.6. The van der Waals surface area contributed by atoms with Crippen molar-refractivity contribution in [1.82, 2.24) is 0 Å². The van der Waals surface area contributed by atoms with Gasteiger partial charge >= 0.3 is 0 Å². The topological polar surface area (TPSA) is 53.7 Å². The molecule has 0 spiro atoms. The maximum atomic E-state index is 6.30.